The smallest absolute Gasteiger partial charge is 0.0522 e. The number of nitrogens with zero attached hydrogens (tertiary/aromatic N) is 1. The molecule has 2 heteroatoms. The maximum absolute atomic E-state index is 4.07. The molecule has 1 aliphatic carbocycles. The zero-order valence-electron chi connectivity index (χ0n) is 7.80. The number of hydrogen-bond acceptors (Lipinski definition) is 1. The van der Waals surface area contributed by atoms with Crippen LogP contribution in [0.4, 0.5) is 0 Å². The second-order valence-corrected chi connectivity index (χ2v) is 4.12. The van der Waals surface area contributed by atoms with Crippen molar-refractivity contribution < 1.29 is 1.43 Å². The Balaban J connectivity index is 0.000000845. The summed E-state index contributed by atoms with van der Waals surface area (Å²) in [4.78, 5) is 0. The second kappa shape index (κ2) is 2.92. The zero-order chi connectivity index (χ0) is 8.55. The van der Waals surface area contributed by atoms with E-state index in [1.807, 2.05) is 6.20 Å². The van der Waals surface area contributed by atoms with E-state index in [2.05, 4.69) is 24.0 Å². The van der Waals surface area contributed by atoms with Crippen LogP contribution in [0.5, 0.6) is 0 Å². The van der Waals surface area contributed by atoms with E-state index < -0.39 is 0 Å². The van der Waals surface area contributed by atoms with Gasteiger partial charge < -0.3 is 0 Å². The van der Waals surface area contributed by atoms with E-state index in [1.165, 1.54) is 30.5 Å². The summed E-state index contributed by atoms with van der Waals surface area (Å²) in [5.74, 6) is 1.68. The van der Waals surface area contributed by atoms with E-state index in [9.17, 15) is 0 Å². The lowest BCUT2D eigenvalue weighted by atomic mass is 9.81. The number of hydrogen-bond donors (Lipinski definition) is 1. The second-order valence-electron chi connectivity index (χ2n) is 4.12. The van der Waals surface area contributed by atoms with Crippen LogP contribution in [0, 0.1) is 11.8 Å². The van der Waals surface area contributed by atoms with Gasteiger partial charge in [0, 0.05) is 7.12 Å². The van der Waals surface area contributed by atoms with Crippen molar-refractivity contribution in [3.8, 4) is 0 Å². The SMILES string of the molecule is CC(C)C1CCc2[nH]ncc2C1.[HH]. The van der Waals surface area contributed by atoms with Gasteiger partial charge in [0.05, 0.1) is 6.20 Å². The number of nitrogens with one attached hydrogen (secondary N) is 1. The van der Waals surface area contributed by atoms with Crippen molar-refractivity contribution >= 4 is 0 Å². The Morgan fingerprint density at radius 2 is 2.50 bits per heavy atom. The van der Waals surface area contributed by atoms with Crippen molar-refractivity contribution in [1.29, 1.82) is 0 Å². The third-order valence-corrected chi connectivity index (χ3v) is 3.00. The molecule has 0 aromatic carbocycles. The molecule has 2 rings (SSSR count). The highest BCUT2D eigenvalue weighted by molar-refractivity contribution is 5.20. The molecular formula is C10H18N2. The molecule has 12 heavy (non-hydrogen) atoms. The van der Waals surface area contributed by atoms with Gasteiger partial charge in [-0.2, -0.15) is 5.10 Å². The molecule has 0 bridgehead atoms. The summed E-state index contributed by atoms with van der Waals surface area (Å²) in [6, 6.07) is 0. The first-order valence-corrected chi connectivity index (χ1v) is 4.78. The molecule has 0 saturated carbocycles. The van der Waals surface area contributed by atoms with Crippen LogP contribution in [0.15, 0.2) is 6.20 Å². The molecule has 0 saturated heterocycles. The average Bonchev–Trinajstić information content (AvgIpc) is 2.49. The molecular weight excluding hydrogens is 148 g/mol. The first kappa shape index (κ1) is 7.84. The largest absolute Gasteiger partial charge is 0.282 e. The Labute approximate surface area is 74.9 Å². The predicted molar refractivity (Wildman–Crippen MR) is 51.1 cm³/mol. The van der Waals surface area contributed by atoms with Crippen molar-refractivity contribution in [2.24, 2.45) is 11.8 Å². The Morgan fingerprint density at radius 1 is 1.67 bits per heavy atom. The molecule has 0 aliphatic heterocycles. The minimum Gasteiger partial charge on any atom is -0.282 e. The maximum atomic E-state index is 4.07. The summed E-state index contributed by atoms with van der Waals surface area (Å²) in [6.45, 7) is 4.63. The summed E-state index contributed by atoms with van der Waals surface area (Å²) < 4.78 is 0. The van der Waals surface area contributed by atoms with Crippen molar-refractivity contribution in [1.82, 2.24) is 10.2 Å². The van der Waals surface area contributed by atoms with Gasteiger partial charge in [-0.05, 0) is 36.7 Å². The van der Waals surface area contributed by atoms with Crippen LogP contribution in [-0.4, -0.2) is 10.2 Å². The van der Waals surface area contributed by atoms with E-state index in [-0.39, 0.29) is 1.43 Å². The minimum absolute atomic E-state index is 0. The van der Waals surface area contributed by atoms with E-state index in [0.717, 1.165) is 11.8 Å². The number of aromatic nitrogens is 2. The Kier molecular flexibility index (Phi) is 1.91. The van der Waals surface area contributed by atoms with Gasteiger partial charge in [-0.1, -0.05) is 13.8 Å². The van der Waals surface area contributed by atoms with Gasteiger partial charge in [0.15, 0.2) is 0 Å². The molecule has 0 radical (unpaired) electrons. The van der Waals surface area contributed by atoms with Gasteiger partial charge in [-0.3, -0.25) is 5.10 Å². The molecule has 68 valence electrons. The Morgan fingerprint density at radius 3 is 3.25 bits per heavy atom. The highest BCUT2D eigenvalue weighted by Gasteiger charge is 2.21. The van der Waals surface area contributed by atoms with Crippen LogP contribution in [-0.2, 0) is 12.8 Å². The molecule has 1 aromatic rings. The highest BCUT2D eigenvalue weighted by Crippen LogP contribution is 2.28. The lowest BCUT2D eigenvalue weighted by Crippen LogP contribution is -2.18. The van der Waals surface area contributed by atoms with Crippen LogP contribution in [0.2, 0.25) is 0 Å². The number of aryl methyl sites for hydroxylation is 1. The topological polar surface area (TPSA) is 28.7 Å². The third-order valence-electron chi connectivity index (χ3n) is 3.00. The zero-order valence-corrected chi connectivity index (χ0v) is 7.80. The van der Waals surface area contributed by atoms with Crippen LogP contribution in [0.3, 0.4) is 0 Å². The fourth-order valence-corrected chi connectivity index (χ4v) is 2.01. The molecule has 1 aromatic heterocycles. The first-order chi connectivity index (χ1) is 5.77. The molecule has 1 N–H and O–H groups in total. The lowest BCUT2D eigenvalue weighted by Gasteiger charge is -2.24. The quantitative estimate of drug-likeness (QED) is 0.682. The van der Waals surface area contributed by atoms with Gasteiger partial charge in [0.25, 0.3) is 0 Å². The van der Waals surface area contributed by atoms with E-state index in [1.54, 1.807) is 0 Å². The number of H-pyrrole nitrogens is 1. The Hall–Kier alpha value is -0.790. The van der Waals surface area contributed by atoms with Crippen LogP contribution in [0.1, 0.15) is 33.0 Å². The van der Waals surface area contributed by atoms with Gasteiger partial charge in [-0.25, -0.2) is 0 Å². The first-order valence-electron chi connectivity index (χ1n) is 4.78. The molecule has 1 aliphatic rings. The molecule has 0 amide bonds. The average molecular weight is 166 g/mol. The monoisotopic (exact) mass is 166 g/mol. The normalized spacial score (nSPS) is 22.8. The van der Waals surface area contributed by atoms with Gasteiger partial charge in [0.1, 0.15) is 0 Å². The lowest BCUT2D eigenvalue weighted by molar-refractivity contribution is 0.342. The van der Waals surface area contributed by atoms with Gasteiger partial charge >= 0.3 is 0 Å². The van der Waals surface area contributed by atoms with Crippen molar-refractivity contribution in [2.45, 2.75) is 33.1 Å². The Bertz CT molecular complexity index is 268. The summed E-state index contributed by atoms with van der Waals surface area (Å²) in [6.07, 6.45) is 5.73. The standard InChI is InChI=1S/C10H16N2.H2/c1-7(2)8-3-4-10-9(5-8)6-11-12-10;/h6-8H,3-5H2,1-2H3,(H,11,12);1H. The van der Waals surface area contributed by atoms with Crippen LogP contribution < -0.4 is 0 Å². The number of fused-ring (bicyclic) bond motifs is 1. The fourth-order valence-electron chi connectivity index (χ4n) is 2.01. The highest BCUT2D eigenvalue weighted by atomic mass is 15.1. The fraction of sp³-hybridized carbons (Fsp3) is 0.700. The van der Waals surface area contributed by atoms with E-state index >= 15 is 0 Å². The van der Waals surface area contributed by atoms with Crippen LogP contribution >= 0.6 is 0 Å². The predicted octanol–water partition coefficient (Wildman–Crippen LogP) is 2.42. The van der Waals surface area contributed by atoms with Crippen molar-refractivity contribution in [3.63, 3.8) is 0 Å². The van der Waals surface area contributed by atoms with Gasteiger partial charge in [0.2, 0.25) is 0 Å². The third kappa shape index (κ3) is 1.26. The summed E-state index contributed by atoms with van der Waals surface area (Å²) in [7, 11) is 0. The summed E-state index contributed by atoms with van der Waals surface area (Å²) >= 11 is 0. The van der Waals surface area contributed by atoms with E-state index in [0.29, 0.717) is 0 Å². The van der Waals surface area contributed by atoms with Crippen molar-refractivity contribution in [3.05, 3.63) is 17.5 Å². The number of rotatable bonds is 1. The van der Waals surface area contributed by atoms with E-state index in [4.69, 9.17) is 0 Å². The number of aromatic amines is 1. The molecule has 2 nitrogen and oxygen atoms in total. The summed E-state index contributed by atoms with van der Waals surface area (Å²) in [5.41, 5.74) is 2.81. The van der Waals surface area contributed by atoms with Crippen LogP contribution in [0.25, 0.3) is 0 Å². The summed E-state index contributed by atoms with van der Waals surface area (Å²) in [5, 5.41) is 7.14. The maximum Gasteiger partial charge on any atom is 0.0522 e. The molecule has 0 fully saturated rings. The molecule has 1 unspecified atom stereocenters. The molecule has 1 atom stereocenters. The molecule has 1 heterocycles. The van der Waals surface area contributed by atoms with Crippen molar-refractivity contribution in [2.75, 3.05) is 0 Å². The molecule has 0 spiro atoms. The minimum atomic E-state index is 0. The van der Waals surface area contributed by atoms with Gasteiger partial charge in [-0.15, -0.1) is 0 Å².